The van der Waals surface area contributed by atoms with Crippen LogP contribution in [-0.4, -0.2) is 30.2 Å². The van der Waals surface area contributed by atoms with Crippen LogP contribution in [0.15, 0.2) is 0 Å². The van der Waals surface area contributed by atoms with Crippen molar-refractivity contribution in [2.45, 2.75) is 46.0 Å². The molecule has 1 fully saturated rings. The molecule has 110 valence electrons. The smallest absolute Gasteiger partial charge is 0.314 e. The Kier molecular flexibility index (Phi) is 6.67. The number of aliphatic carboxylic acids is 1. The maximum atomic E-state index is 11.5. The van der Waals surface area contributed by atoms with E-state index in [-0.39, 0.29) is 12.5 Å². The summed E-state index contributed by atoms with van der Waals surface area (Å²) in [5, 5.41) is 14.3. The van der Waals surface area contributed by atoms with Crippen LogP contribution in [0.4, 0.5) is 4.79 Å². The van der Waals surface area contributed by atoms with Crippen LogP contribution in [0, 0.1) is 17.8 Å². The highest BCUT2D eigenvalue weighted by atomic mass is 16.4. The molecule has 1 rings (SSSR count). The van der Waals surface area contributed by atoms with Crippen molar-refractivity contribution in [3.8, 4) is 0 Å². The van der Waals surface area contributed by atoms with Crippen LogP contribution in [0.5, 0.6) is 0 Å². The average Bonchev–Trinajstić information content (AvgIpc) is 3.07. The second kappa shape index (κ2) is 8.02. The lowest BCUT2D eigenvalue weighted by atomic mass is 9.97. The molecule has 19 heavy (non-hydrogen) atoms. The molecule has 1 aliphatic carbocycles. The highest BCUT2D eigenvalue weighted by Crippen LogP contribution is 2.36. The molecule has 0 radical (unpaired) electrons. The van der Waals surface area contributed by atoms with Gasteiger partial charge < -0.3 is 15.7 Å². The van der Waals surface area contributed by atoms with E-state index >= 15 is 0 Å². The van der Waals surface area contributed by atoms with E-state index in [1.165, 1.54) is 6.42 Å². The Morgan fingerprint density at radius 2 is 2.00 bits per heavy atom. The topological polar surface area (TPSA) is 78.4 Å². The number of rotatable bonds is 9. The number of urea groups is 1. The van der Waals surface area contributed by atoms with Crippen molar-refractivity contribution in [3.63, 3.8) is 0 Å². The molecule has 0 bridgehead atoms. The summed E-state index contributed by atoms with van der Waals surface area (Å²) in [6, 6.07) is -0.104. The first-order valence-corrected chi connectivity index (χ1v) is 7.26. The quantitative estimate of drug-likeness (QED) is 0.601. The van der Waals surface area contributed by atoms with Gasteiger partial charge in [0.15, 0.2) is 0 Å². The molecule has 1 aliphatic rings. The Balaban J connectivity index is 2.03. The molecule has 0 saturated heterocycles. The molecule has 1 saturated carbocycles. The van der Waals surface area contributed by atoms with E-state index in [2.05, 4.69) is 24.5 Å². The van der Waals surface area contributed by atoms with Crippen LogP contribution in [0.25, 0.3) is 0 Å². The summed E-state index contributed by atoms with van der Waals surface area (Å²) >= 11 is 0. The fourth-order valence-electron chi connectivity index (χ4n) is 2.24. The van der Waals surface area contributed by atoms with E-state index in [9.17, 15) is 9.59 Å². The predicted molar refractivity (Wildman–Crippen MR) is 73.9 cm³/mol. The molecule has 0 heterocycles. The standard InChI is InChI=1S/C14H26N2O3/c1-3-11(4-5-13(17)18)6-7-15-14(19)16-9-12-8-10(12)2/h10-12H,3-9H2,1-2H3,(H,17,18)(H2,15,16,19). The zero-order valence-corrected chi connectivity index (χ0v) is 11.9. The van der Waals surface area contributed by atoms with Gasteiger partial charge in [0.05, 0.1) is 0 Å². The van der Waals surface area contributed by atoms with Gasteiger partial charge in [-0.1, -0.05) is 20.3 Å². The van der Waals surface area contributed by atoms with Crippen LogP contribution >= 0.6 is 0 Å². The number of carbonyl (C=O) groups is 2. The normalized spacial score (nSPS) is 22.6. The number of nitrogens with one attached hydrogen (secondary N) is 2. The molecule has 5 heteroatoms. The van der Waals surface area contributed by atoms with Crippen LogP contribution in [0.3, 0.4) is 0 Å². The van der Waals surface area contributed by atoms with Gasteiger partial charge in [0.1, 0.15) is 0 Å². The van der Waals surface area contributed by atoms with Crippen molar-refractivity contribution < 1.29 is 14.7 Å². The van der Waals surface area contributed by atoms with Crippen molar-refractivity contribution in [1.82, 2.24) is 10.6 Å². The van der Waals surface area contributed by atoms with Crippen LogP contribution in [0.2, 0.25) is 0 Å². The maximum absolute atomic E-state index is 11.5. The Labute approximate surface area is 115 Å². The summed E-state index contributed by atoms with van der Waals surface area (Å²) in [5.74, 6) is 1.04. The molecule has 0 aromatic rings. The van der Waals surface area contributed by atoms with Crippen molar-refractivity contribution >= 4 is 12.0 Å². The minimum absolute atomic E-state index is 0.104. The summed E-state index contributed by atoms with van der Waals surface area (Å²) in [5.41, 5.74) is 0. The molecule has 0 aromatic heterocycles. The van der Waals surface area contributed by atoms with Gasteiger partial charge >= 0.3 is 12.0 Å². The van der Waals surface area contributed by atoms with E-state index in [0.29, 0.717) is 24.8 Å². The van der Waals surface area contributed by atoms with Gasteiger partial charge in [-0.05, 0) is 37.0 Å². The van der Waals surface area contributed by atoms with Crippen LogP contribution in [0.1, 0.15) is 46.0 Å². The van der Waals surface area contributed by atoms with E-state index in [0.717, 1.165) is 25.3 Å². The Hall–Kier alpha value is -1.26. The van der Waals surface area contributed by atoms with Gasteiger partial charge in [-0.15, -0.1) is 0 Å². The molecular formula is C14H26N2O3. The highest BCUT2D eigenvalue weighted by Gasteiger charge is 2.32. The summed E-state index contributed by atoms with van der Waals surface area (Å²) in [4.78, 5) is 22.0. The van der Waals surface area contributed by atoms with Gasteiger partial charge in [-0.2, -0.15) is 0 Å². The van der Waals surface area contributed by atoms with Crippen molar-refractivity contribution in [2.24, 2.45) is 17.8 Å². The largest absolute Gasteiger partial charge is 0.481 e. The Morgan fingerprint density at radius 3 is 2.53 bits per heavy atom. The third-order valence-corrected chi connectivity index (χ3v) is 3.98. The summed E-state index contributed by atoms with van der Waals surface area (Å²) < 4.78 is 0. The van der Waals surface area contributed by atoms with E-state index in [1.54, 1.807) is 0 Å². The maximum Gasteiger partial charge on any atom is 0.314 e. The van der Waals surface area contributed by atoms with Gasteiger partial charge in [0.2, 0.25) is 0 Å². The third-order valence-electron chi connectivity index (χ3n) is 3.98. The van der Waals surface area contributed by atoms with Crippen molar-refractivity contribution in [2.75, 3.05) is 13.1 Å². The lowest BCUT2D eigenvalue weighted by molar-refractivity contribution is -0.137. The lowest BCUT2D eigenvalue weighted by Crippen LogP contribution is -2.37. The fraction of sp³-hybridized carbons (Fsp3) is 0.857. The Bertz CT molecular complexity index is 307. The number of carbonyl (C=O) groups excluding carboxylic acids is 1. The van der Waals surface area contributed by atoms with Crippen molar-refractivity contribution in [3.05, 3.63) is 0 Å². The first kappa shape index (κ1) is 15.8. The van der Waals surface area contributed by atoms with E-state index < -0.39 is 5.97 Å². The second-order valence-corrected chi connectivity index (χ2v) is 5.61. The monoisotopic (exact) mass is 270 g/mol. The number of amides is 2. The summed E-state index contributed by atoms with van der Waals surface area (Å²) in [6.45, 7) is 5.63. The molecule has 0 aromatic carbocycles. The zero-order chi connectivity index (χ0) is 14.3. The summed E-state index contributed by atoms with van der Waals surface area (Å²) in [6.07, 6.45) is 3.92. The lowest BCUT2D eigenvalue weighted by Gasteiger charge is -2.14. The second-order valence-electron chi connectivity index (χ2n) is 5.61. The van der Waals surface area contributed by atoms with Gasteiger partial charge in [0, 0.05) is 19.5 Å². The molecule has 2 amide bonds. The van der Waals surface area contributed by atoms with Gasteiger partial charge in [-0.25, -0.2) is 4.79 Å². The molecule has 3 unspecified atom stereocenters. The summed E-state index contributed by atoms with van der Waals surface area (Å²) in [7, 11) is 0. The van der Waals surface area contributed by atoms with Gasteiger partial charge in [-0.3, -0.25) is 4.79 Å². The molecule has 3 N–H and O–H groups in total. The molecule has 0 aliphatic heterocycles. The minimum Gasteiger partial charge on any atom is -0.481 e. The third kappa shape index (κ3) is 7.03. The minimum atomic E-state index is -0.747. The first-order valence-electron chi connectivity index (χ1n) is 7.26. The molecule has 3 atom stereocenters. The highest BCUT2D eigenvalue weighted by molar-refractivity contribution is 5.73. The molecule has 5 nitrogen and oxygen atoms in total. The number of hydrogen-bond donors (Lipinski definition) is 3. The SMILES string of the molecule is CCC(CCNC(=O)NCC1CC1C)CCC(=O)O. The molecule has 0 spiro atoms. The fourth-order valence-corrected chi connectivity index (χ4v) is 2.24. The predicted octanol–water partition coefficient (Wildman–Crippen LogP) is 2.22. The van der Waals surface area contributed by atoms with Crippen LogP contribution < -0.4 is 10.6 Å². The number of hydrogen-bond acceptors (Lipinski definition) is 2. The Morgan fingerprint density at radius 1 is 1.32 bits per heavy atom. The number of carboxylic acids is 1. The number of carboxylic acid groups (broad SMARTS) is 1. The zero-order valence-electron chi connectivity index (χ0n) is 11.9. The van der Waals surface area contributed by atoms with Crippen LogP contribution in [-0.2, 0) is 4.79 Å². The average molecular weight is 270 g/mol. The van der Waals surface area contributed by atoms with E-state index in [4.69, 9.17) is 5.11 Å². The van der Waals surface area contributed by atoms with E-state index in [1.807, 2.05) is 0 Å². The first-order chi connectivity index (χ1) is 9.02. The molecular weight excluding hydrogens is 244 g/mol. The van der Waals surface area contributed by atoms with Gasteiger partial charge in [0.25, 0.3) is 0 Å². The van der Waals surface area contributed by atoms with Crippen molar-refractivity contribution in [1.29, 1.82) is 0 Å².